The van der Waals surface area contributed by atoms with E-state index in [0.717, 1.165) is 12.1 Å². The second kappa shape index (κ2) is 5.31. The predicted molar refractivity (Wildman–Crippen MR) is 66.9 cm³/mol. The first-order valence-electron chi connectivity index (χ1n) is 5.59. The lowest BCUT2D eigenvalue weighted by atomic mass is 10.0. The van der Waals surface area contributed by atoms with Gasteiger partial charge in [-0.15, -0.1) is 13.2 Å². The molecule has 0 saturated heterocycles. The van der Waals surface area contributed by atoms with Gasteiger partial charge in [-0.1, -0.05) is 12.1 Å². The summed E-state index contributed by atoms with van der Waals surface area (Å²) in [5, 5.41) is 20.1. The average molecular weight is 299 g/mol. The fraction of sp³-hybridized carbons (Fsp3) is 0.0769. The highest BCUT2D eigenvalue weighted by atomic mass is 19.4. The molecule has 2 aromatic rings. The summed E-state index contributed by atoms with van der Waals surface area (Å²) >= 11 is 0. The maximum atomic E-state index is 12.2. The van der Waals surface area contributed by atoms with Crippen molar-refractivity contribution < 1.29 is 27.9 Å². The van der Waals surface area contributed by atoms with E-state index in [1.807, 2.05) is 0 Å². The summed E-state index contributed by atoms with van der Waals surface area (Å²) in [5.74, 6) is -1.05. The topological polar surface area (TPSA) is 72.6 Å². The minimum absolute atomic E-state index is 0.165. The number of non-ortho nitro benzene ring substituents is 1. The van der Waals surface area contributed by atoms with Gasteiger partial charge < -0.3 is 9.84 Å². The zero-order valence-corrected chi connectivity index (χ0v) is 10.3. The van der Waals surface area contributed by atoms with Crippen molar-refractivity contribution in [3.63, 3.8) is 0 Å². The van der Waals surface area contributed by atoms with Crippen molar-refractivity contribution in [2.75, 3.05) is 0 Å². The number of nitrogens with zero attached hydrogens (tertiary/aromatic N) is 1. The zero-order chi connectivity index (χ0) is 15.6. The molecule has 0 unspecified atom stereocenters. The molecule has 0 aliphatic carbocycles. The summed E-state index contributed by atoms with van der Waals surface area (Å²) in [6, 6.07) is 8.31. The first-order chi connectivity index (χ1) is 9.74. The maximum Gasteiger partial charge on any atom is 0.573 e. The normalized spacial score (nSPS) is 11.2. The number of nitro benzene ring substituents is 1. The maximum absolute atomic E-state index is 12.2. The van der Waals surface area contributed by atoms with E-state index < -0.39 is 22.8 Å². The van der Waals surface area contributed by atoms with E-state index in [-0.39, 0.29) is 16.8 Å². The highest BCUT2D eigenvalue weighted by Crippen LogP contribution is 2.33. The van der Waals surface area contributed by atoms with Crippen LogP contribution < -0.4 is 4.74 Å². The molecule has 0 aliphatic heterocycles. The molecule has 0 fully saturated rings. The van der Waals surface area contributed by atoms with Gasteiger partial charge in [0, 0.05) is 18.2 Å². The van der Waals surface area contributed by atoms with Crippen molar-refractivity contribution in [1.82, 2.24) is 0 Å². The van der Waals surface area contributed by atoms with Gasteiger partial charge in [-0.25, -0.2) is 0 Å². The number of alkyl halides is 3. The number of aromatic hydroxyl groups is 1. The molecule has 2 rings (SSSR count). The molecular weight excluding hydrogens is 291 g/mol. The summed E-state index contributed by atoms with van der Waals surface area (Å²) in [6.07, 6.45) is -4.90. The van der Waals surface area contributed by atoms with Gasteiger partial charge in [0.25, 0.3) is 5.69 Å². The van der Waals surface area contributed by atoms with Gasteiger partial charge >= 0.3 is 6.36 Å². The van der Waals surface area contributed by atoms with Crippen molar-refractivity contribution in [3.8, 4) is 22.6 Å². The molecule has 0 aromatic heterocycles. The highest BCUT2D eigenvalue weighted by molar-refractivity contribution is 5.69. The fourth-order valence-electron chi connectivity index (χ4n) is 1.74. The van der Waals surface area contributed by atoms with Gasteiger partial charge in [-0.2, -0.15) is 0 Å². The van der Waals surface area contributed by atoms with Crippen LogP contribution in [0.4, 0.5) is 18.9 Å². The number of halogens is 3. The van der Waals surface area contributed by atoms with Crippen molar-refractivity contribution in [1.29, 1.82) is 0 Å². The van der Waals surface area contributed by atoms with Gasteiger partial charge in [-0.05, 0) is 23.3 Å². The lowest BCUT2D eigenvalue weighted by Crippen LogP contribution is -2.17. The van der Waals surface area contributed by atoms with Crippen LogP contribution in [-0.2, 0) is 0 Å². The van der Waals surface area contributed by atoms with E-state index in [1.165, 1.54) is 30.3 Å². The first-order valence-corrected chi connectivity index (χ1v) is 5.59. The van der Waals surface area contributed by atoms with Gasteiger partial charge in [0.05, 0.1) is 4.92 Å². The zero-order valence-electron chi connectivity index (χ0n) is 10.3. The van der Waals surface area contributed by atoms with E-state index in [4.69, 9.17) is 0 Å². The second-order valence-corrected chi connectivity index (χ2v) is 4.07. The first kappa shape index (κ1) is 14.6. The van der Waals surface area contributed by atoms with E-state index >= 15 is 0 Å². The highest BCUT2D eigenvalue weighted by Gasteiger charge is 2.31. The minimum Gasteiger partial charge on any atom is -0.508 e. The molecule has 0 radical (unpaired) electrons. The number of hydrogen-bond donors (Lipinski definition) is 1. The summed E-state index contributed by atoms with van der Waals surface area (Å²) < 4.78 is 40.3. The third kappa shape index (κ3) is 3.85. The van der Waals surface area contributed by atoms with E-state index in [9.17, 15) is 28.4 Å². The summed E-state index contributed by atoms with van der Waals surface area (Å²) in [6.45, 7) is 0. The quantitative estimate of drug-likeness (QED) is 0.690. The number of phenols is 1. The molecule has 0 aliphatic rings. The minimum atomic E-state index is -4.90. The van der Waals surface area contributed by atoms with Crippen LogP contribution in [0.1, 0.15) is 0 Å². The molecule has 110 valence electrons. The fourth-order valence-corrected chi connectivity index (χ4v) is 1.74. The molecule has 0 bridgehead atoms. The van der Waals surface area contributed by atoms with Gasteiger partial charge in [-0.3, -0.25) is 10.1 Å². The Hall–Kier alpha value is -2.77. The van der Waals surface area contributed by atoms with Crippen LogP contribution in [0.5, 0.6) is 11.5 Å². The standard InChI is InChI=1S/C13H8F3NO4/c14-13(15,16)21-12-6-9(5-11(18)7-12)8-2-1-3-10(4-8)17(19)20/h1-7,18H. The Morgan fingerprint density at radius 3 is 2.43 bits per heavy atom. The number of nitro groups is 1. The Morgan fingerprint density at radius 2 is 1.81 bits per heavy atom. The van der Waals surface area contributed by atoms with Crippen LogP contribution in [0, 0.1) is 10.1 Å². The Balaban J connectivity index is 2.44. The average Bonchev–Trinajstić information content (AvgIpc) is 2.36. The Morgan fingerprint density at radius 1 is 1.10 bits per heavy atom. The molecular formula is C13H8F3NO4. The molecule has 0 amide bonds. The van der Waals surface area contributed by atoms with Crippen LogP contribution in [0.25, 0.3) is 11.1 Å². The summed E-state index contributed by atoms with van der Waals surface area (Å²) in [7, 11) is 0. The third-order valence-corrected chi connectivity index (χ3v) is 2.52. The molecule has 1 N–H and O–H groups in total. The number of rotatable bonds is 3. The Kier molecular flexibility index (Phi) is 3.70. The van der Waals surface area contributed by atoms with Crippen molar-refractivity contribution in [3.05, 3.63) is 52.6 Å². The van der Waals surface area contributed by atoms with Crippen molar-refractivity contribution >= 4 is 5.69 Å². The Labute approximate surface area is 116 Å². The van der Waals surface area contributed by atoms with Gasteiger partial charge in [0.2, 0.25) is 0 Å². The van der Waals surface area contributed by atoms with E-state index in [2.05, 4.69) is 4.74 Å². The second-order valence-electron chi connectivity index (χ2n) is 4.07. The van der Waals surface area contributed by atoms with Crippen LogP contribution in [0.2, 0.25) is 0 Å². The van der Waals surface area contributed by atoms with Crippen molar-refractivity contribution in [2.45, 2.75) is 6.36 Å². The SMILES string of the molecule is O=[N+]([O-])c1cccc(-c2cc(O)cc(OC(F)(F)F)c2)c1. The smallest absolute Gasteiger partial charge is 0.508 e. The van der Waals surface area contributed by atoms with Gasteiger partial charge in [0.1, 0.15) is 11.5 Å². The largest absolute Gasteiger partial charge is 0.573 e. The molecule has 8 heteroatoms. The molecule has 2 aromatic carbocycles. The number of hydrogen-bond acceptors (Lipinski definition) is 4. The summed E-state index contributed by atoms with van der Waals surface area (Å²) in [4.78, 5) is 10.1. The summed E-state index contributed by atoms with van der Waals surface area (Å²) in [5.41, 5.74) is 0.235. The van der Waals surface area contributed by atoms with Crippen LogP contribution in [-0.4, -0.2) is 16.4 Å². The molecule has 0 heterocycles. The molecule has 0 atom stereocenters. The van der Waals surface area contributed by atoms with E-state index in [0.29, 0.717) is 0 Å². The third-order valence-electron chi connectivity index (χ3n) is 2.52. The number of ether oxygens (including phenoxy) is 1. The molecule has 0 saturated carbocycles. The van der Waals surface area contributed by atoms with Crippen LogP contribution in [0.3, 0.4) is 0 Å². The predicted octanol–water partition coefficient (Wildman–Crippen LogP) is 3.87. The van der Waals surface area contributed by atoms with Crippen LogP contribution >= 0.6 is 0 Å². The number of phenolic OH excluding ortho intramolecular Hbond substituents is 1. The van der Waals surface area contributed by atoms with Crippen molar-refractivity contribution in [2.24, 2.45) is 0 Å². The van der Waals surface area contributed by atoms with Crippen LogP contribution in [0.15, 0.2) is 42.5 Å². The van der Waals surface area contributed by atoms with E-state index in [1.54, 1.807) is 0 Å². The molecule has 0 spiro atoms. The lowest BCUT2D eigenvalue weighted by molar-refractivity contribution is -0.384. The molecule has 21 heavy (non-hydrogen) atoms. The van der Waals surface area contributed by atoms with Gasteiger partial charge in [0.15, 0.2) is 0 Å². The number of benzene rings is 2. The monoisotopic (exact) mass is 299 g/mol. The Bertz CT molecular complexity index is 685. The molecule has 5 nitrogen and oxygen atoms in total. The lowest BCUT2D eigenvalue weighted by Gasteiger charge is -2.11.